The van der Waals surface area contributed by atoms with Crippen LogP contribution in [0, 0.1) is 13.8 Å². The Kier molecular flexibility index (Phi) is 3.60. The first-order valence-corrected chi connectivity index (χ1v) is 8.08. The van der Waals surface area contributed by atoms with Gasteiger partial charge in [0.2, 0.25) is 0 Å². The summed E-state index contributed by atoms with van der Waals surface area (Å²) in [6.45, 7) is 4.33. The van der Waals surface area contributed by atoms with Gasteiger partial charge >= 0.3 is 0 Å². The first-order chi connectivity index (χ1) is 10.1. The summed E-state index contributed by atoms with van der Waals surface area (Å²) in [5.41, 5.74) is 8.62. The molecule has 0 bridgehead atoms. The zero-order valence-corrected chi connectivity index (χ0v) is 13.3. The van der Waals surface area contributed by atoms with Gasteiger partial charge in [-0.05, 0) is 25.5 Å². The Labute approximate surface area is 129 Å². The minimum absolute atomic E-state index is 0.178. The van der Waals surface area contributed by atoms with Gasteiger partial charge in [-0.1, -0.05) is 0 Å². The molecule has 0 radical (unpaired) electrons. The molecule has 0 aliphatic rings. The van der Waals surface area contributed by atoms with Crippen LogP contribution in [0.3, 0.4) is 0 Å². The molecule has 21 heavy (non-hydrogen) atoms. The van der Waals surface area contributed by atoms with Crippen molar-refractivity contribution in [2.75, 3.05) is 5.73 Å². The lowest BCUT2D eigenvalue weighted by molar-refractivity contribution is 0.0956. The molecule has 108 valence electrons. The van der Waals surface area contributed by atoms with Crippen LogP contribution in [0.4, 0.5) is 5.69 Å². The molecule has 1 amide bonds. The number of thiazole rings is 1. The van der Waals surface area contributed by atoms with Gasteiger partial charge in [0, 0.05) is 22.7 Å². The third-order valence-electron chi connectivity index (χ3n) is 3.11. The summed E-state index contributed by atoms with van der Waals surface area (Å²) < 4.78 is 0. The molecule has 0 aliphatic carbocycles. The highest BCUT2D eigenvalue weighted by Gasteiger charge is 2.18. The molecule has 0 spiro atoms. The summed E-state index contributed by atoms with van der Waals surface area (Å²) in [5, 5.41) is 6.48. The zero-order valence-electron chi connectivity index (χ0n) is 11.6. The summed E-state index contributed by atoms with van der Waals surface area (Å²) in [6.07, 6.45) is 1.72. The first-order valence-electron chi connectivity index (χ1n) is 6.39. The van der Waals surface area contributed by atoms with Crippen molar-refractivity contribution in [3.05, 3.63) is 38.8 Å². The predicted octanol–water partition coefficient (Wildman–Crippen LogP) is 2.88. The number of amides is 1. The van der Waals surface area contributed by atoms with E-state index in [2.05, 4.69) is 15.3 Å². The number of rotatable bonds is 3. The fraction of sp³-hybridized carbons (Fsp3) is 0.214. The number of anilines is 1. The molecule has 7 heteroatoms. The van der Waals surface area contributed by atoms with Crippen LogP contribution in [0.5, 0.6) is 0 Å². The minimum atomic E-state index is -0.178. The summed E-state index contributed by atoms with van der Waals surface area (Å²) in [4.78, 5) is 22.2. The zero-order chi connectivity index (χ0) is 15.0. The van der Waals surface area contributed by atoms with Gasteiger partial charge in [0.15, 0.2) is 0 Å². The van der Waals surface area contributed by atoms with Crippen molar-refractivity contribution in [2.45, 2.75) is 20.4 Å². The quantitative estimate of drug-likeness (QED) is 0.778. The maximum atomic E-state index is 12.3. The van der Waals surface area contributed by atoms with Crippen LogP contribution in [0.1, 0.15) is 25.9 Å². The third kappa shape index (κ3) is 2.62. The van der Waals surface area contributed by atoms with E-state index in [1.165, 1.54) is 22.7 Å². The van der Waals surface area contributed by atoms with Crippen LogP contribution in [-0.4, -0.2) is 15.9 Å². The van der Waals surface area contributed by atoms with E-state index in [-0.39, 0.29) is 5.91 Å². The number of carbonyl (C=O) groups excluding carboxylic acids is 1. The molecule has 0 saturated carbocycles. The Morgan fingerprint density at radius 2 is 2.24 bits per heavy atom. The molecule has 3 aromatic rings. The highest BCUT2D eigenvalue weighted by Crippen LogP contribution is 2.34. The Balaban J connectivity index is 1.91. The molecule has 0 aromatic carbocycles. The van der Waals surface area contributed by atoms with Gasteiger partial charge in [-0.3, -0.25) is 4.79 Å². The maximum Gasteiger partial charge on any atom is 0.263 e. The number of aromatic nitrogens is 2. The number of hydrogen-bond donors (Lipinski definition) is 2. The highest BCUT2D eigenvalue weighted by atomic mass is 32.1. The standard InChI is InChI=1S/C14H14N4OS2/c1-7-5-8(2)18-14-10(7)11(15)12(21-14)13(19)17-6-9-16-3-4-20-9/h3-5H,6,15H2,1-2H3,(H,17,19). The molecule has 3 heterocycles. The van der Waals surface area contributed by atoms with Crippen molar-refractivity contribution in [1.82, 2.24) is 15.3 Å². The number of carbonyl (C=O) groups is 1. The Morgan fingerprint density at radius 1 is 1.43 bits per heavy atom. The molecule has 0 fully saturated rings. The smallest absolute Gasteiger partial charge is 0.263 e. The largest absolute Gasteiger partial charge is 0.397 e. The summed E-state index contributed by atoms with van der Waals surface area (Å²) in [5.74, 6) is -0.178. The van der Waals surface area contributed by atoms with E-state index in [4.69, 9.17) is 5.73 Å². The molecular formula is C14H14N4OS2. The topological polar surface area (TPSA) is 80.9 Å². The molecule has 3 N–H and O–H groups in total. The fourth-order valence-electron chi connectivity index (χ4n) is 2.21. The van der Waals surface area contributed by atoms with Gasteiger partial charge in [-0.15, -0.1) is 22.7 Å². The van der Waals surface area contributed by atoms with Crippen molar-refractivity contribution < 1.29 is 4.79 Å². The fourth-order valence-corrected chi connectivity index (χ4v) is 3.90. The van der Waals surface area contributed by atoms with Crippen molar-refractivity contribution in [3.8, 4) is 0 Å². The Bertz CT molecular complexity index is 808. The van der Waals surface area contributed by atoms with Gasteiger partial charge in [-0.25, -0.2) is 9.97 Å². The summed E-state index contributed by atoms with van der Waals surface area (Å²) in [6, 6.07) is 1.97. The van der Waals surface area contributed by atoms with Crippen LogP contribution in [0.25, 0.3) is 10.2 Å². The van der Waals surface area contributed by atoms with Gasteiger partial charge in [0.25, 0.3) is 5.91 Å². The Morgan fingerprint density at radius 3 is 2.95 bits per heavy atom. The van der Waals surface area contributed by atoms with Crippen LogP contribution >= 0.6 is 22.7 Å². The number of pyridine rings is 1. The SMILES string of the molecule is Cc1cc(C)c2c(N)c(C(=O)NCc3nccs3)sc2n1. The van der Waals surface area contributed by atoms with Crippen molar-refractivity contribution in [3.63, 3.8) is 0 Å². The number of fused-ring (bicyclic) bond motifs is 1. The number of nitrogens with one attached hydrogen (secondary N) is 1. The van der Waals surface area contributed by atoms with Gasteiger partial charge in [0.05, 0.1) is 12.2 Å². The molecule has 5 nitrogen and oxygen atoms in total. The number of aryl methyl sites for hydroxylation is 2. The number of thiophene rings is 1. The lowest BCUT2D eigenvalue weighted by Crippen LogP contribution is -2.22. The second kappa shape index (κ2) is 5.42. The normalized spacial score (nSPS) is 11.0. The number of hydrogen-bond acceptors (Lipinski definition) is 6. The number of nitrogen functional groups attached to an aromatic ring is 1. The summed E-state index contributed by atoms with van der Waals surface area (Å²) >= 11 is 2.84. The molecule has 3 aromatic heterocycles. The van der Waals surface area contributed by atoms with Crippen LogP contribution < -0.4 is 11.1 Å². The minimum Gasteiger partial charge on any atom is -0.397 e. The first kappa shape index (κ1) is 14.0. The number of nitrogens with two attached hydrogens (primary N) is 1. The second-order valence-electron chi connectivity index (χ2n) is 4.71. The van der Waals surface area contributed by atoms with Crippen molar-refractivity contribution in [1.29, 1.82) is 0 Å². The lowest BCUT2D eigenvalue weighted by atomic mass is 10.1. The molecule has 0 aliphatic heterocycles. The van der Waals surface area contributed by atoms with E-state index in [0.29, 0.717) is 17.1 Å². The van der Waals surface area contributed by atoms with Gasteiger partial charge in [-0.2, -0.15) is 0 Å². The van der Waals surface area contributed by atoms with Crippen molar-refractivity contribution in [2.24, 2.45) is 0 Å². The second-order valence-corrected chi connectivity index (χ2v) is 6.69. The average Bonchev–Trinajstić information content (AvgIpc) is 3.04. The van der Waals surface area contributed by atoms with Crippen LogP contribution in [0.15, 0.2) is 17.6 Å². The molecule has 0 atom stereocenters. The van der Waals surface area contributed by atoms with Crippen molar-refractivity contribution >= 4 is 44.5 Å². The predicted molar refractivity (Wildman–Crippen MR) is 86.8 cm³/mol. The van der Waals surface area contributed by atoms with E-state index in [0.717, 1.165) is 26.5 Å². The van der Waals surface area contributed by atoms with Gasteiger partial charge < -0.3 is 11.1 Å². The highest BCUT2D eigenvalue weighted by molar-refractivity contribution is 7.21. The van der Waals surface area contributed by atoms with E-state index < -0.39 is 0 Å². The van der Waals surface area contributed by atoms with E-state index in [1.807, 2.05) is 25.3 Å². The maximum absolute atomic E-state index is 12.3. The van der Waals surface area contributed by atoms with Crippen LogP contribution in [-0.2, 0) is 6.54 Å². The number of nitrogens with zero attached hydrogens (tertiary/aromatic N) is 2. The molecule has 3 rings (SSSR count). The van der Waals surface area contributed by atoms with Crippen LogP contribution in [0.2, 0.25) is 0 Å². The molecular weight excluding hydrogens is 304 g/mol. The third-order valence-corrected chi connectivity index (χ3v) is 4.99. The summed E-state index contributed by atoms with van der Waals surface area (Å²) in [7, 11) is 0. The van der Waals surface area contributed by atoms with Gasteiger partial charge in [0.1, 0.15) is 14.7 Å². The van der Waals surface area contributed by atoms with E-state index in [9.17, 15) is 4.79 Å². The lowest BCUT2D eigenvalue weighted by Gasteiger charge is -2.02. The Hall–Kier alpha value is -1.99. The monoisotopic (exact) mass is 318 g/mol. The molecule has 0 saturated heterocycles. The van der Waals surface area contributed by atoms with E-state index >= 15 is 0 Å². The average molecular weight is 318 g/mol. The van der Waals surface area contributed by atoms with E-state index in [1.54, 1.807) is 6.20 Å². The molecule has 0 unspecified atom stereocenters.